The number of benzene rings is 2. The summed E-state index contributed by atoms with van der Waals surface area (Å²) < 4.78 is 14.0. The van der Waals surface area contributed by atoms with Gasteiger partial charge >= 0.3 is 0 Å². The van der Waals surface area contributed by atoms with Crippen molar-refractivity contribution in [1.29, 1.82) is 0 Å². The molecule has 2 aliphatic carbocycles. The predicted molar refractivity (Wildman–Crippen MR) is 168 cm³/mol. The lowest BCUT2D eigenvalue weighted by molar-refractivity contribution is -0.134. The molecule has 1 heterocycles. The Morgan fingerprint density at radius 1 is 0.878 bits per heavy atom. The van der Waals surface area contributed by atoms with Crippen molar-refractivity contribution >= 4 is 5.91 Å². The Kier molecular flexibility index (Phi) is 11.2. The van der Waals surface area contributed by atoms with Gasteiger partial charge in [-0.3, -0.25) is 4.79 Å². The van der Waals surface area contributed by atoms with Gasteiger partial charge in [-0.05, 0) is 49.3 Å². The number of rotatable bonds is 10. The van der Waals surface area contributed by atoms with Crippen LogP contribution in [0.1, 0.15) is 69.9 Å². The fraction of sp³-hybridized carbons (Fsp3) is 0.472. The second-order valence-electron chi connectivity index (χ2n) is 11.5. The molecule has 5 rings (SSSR count). The van der Waals surface area contributed by atoms with E-state index in [1.807, 2.05) is 11.0 Å². The summed E-state index contributed by atoms with van der Waals surface area (Å²) in [4.78, 5) is 19.3. The van der Waals surface area contributed by atoms with Crippen molar-refractivity contribution in [2.75, 3.05) is 39.3 Å². The van der Waals surface area contributed by atoms with E-state index < -0.39 is 0 Å². The lowest BCUT2D eigenvalue weighted by Gasteiger charge is -2.37. The summed E-state index contributed by atoms with van der Waals surface area (Å²) in [5, 5.41) is 0. The average molecular weight is 558 g/mol. The Labute approximate surface area is 247 Å². The minimum Gasteiger partial charge on any atom is -0.375 e. The molecule has 2 aromatic rings. The summed E-state index contributed by atoms with van der Waals surface area (Å²) in [5.74, 6) is 1.06. The van der Waals surface area contributed by atoms with Crippen LogP contribution >= 0.6 is 0 Å². The lowest BCUT2D eigenvalue weighted by atomic mass is 9.93. The second kappa shape index (κ2) is 15.0. The Morgan fingerprint density at radius 3 is 1.93 bits per heavy atom. The van der Waals surface area contributed by atoms with Gasteiger partial charge in [0.25, 0.3) is 0 Å². The first-order valence-corrected chi connectivity index (χ1v) is 15.6. The third-order valence-corrected chi connectivity index (χ3v) is 8.53. The van der Waals surface area contributed by atoms with Crippen LogP contribution in [0.4, 0.5) is 4.39 Å². The van der Waals surface area contributed by atoms with Gasteiger partial charge in [-0.25, -0.2) is 4.39 Å². The first kappa shape index (κ1) is 30.6. The molecule has 1 saturated carbocycles. The largest absolute Gasteiger partial charge is 0.375 e. The lowest BCUT2D eigenvalue weighted by Crippen LogP contribution is -2.49. The molecular weight excluding hydrogens is 509 g/mol. The molecule has 1 aliphatic heterocycles. The van der Waals surface area contributed by atoms with E-state index in [-0.39, 0.29) is 17.7 Å². The molecule has 2 unspecified atom stereocenters. The maximum Gasteiger partial charge on any atom is 0.226 e. The molecule has 0 N–H and O–H groups in total. The second-order valence-corrected chi connectivity index (χ2v) is 11.5. The SMILES string of the molecule is C=C(C1CC1C(=O)N1CCN(C2=CCCC=C2F)CC1)N(CCC)CCC.CC(c1ccccc1)c1ccccc1. The summed E-state index contributed by atoms with van der Waals surface area (Å²) in [6.07, 6.45) is 8.49. The number of carbonyl (C=O) groups is 1. The van der Waals surface area contributed by atoms with E-state index in [1.165, 1.54) is 11.1 Å². The van der Waals surface area contributed by atoms with Crippen molar-refractivity contribution in [2.24, 2.45) is 11.8 Å². The molecule has 4 nitrogen and oxygen atoms in total. The van der Waals surface area contributed by atoms with Gasteiger partial charge in [0, 0.05) is 62.7 Å². The van der Waals surface area contributed by atoms with Gasteiger partial charge < -0.3 is 14.7 Å². The number of halogens is 1. The summed E-state index contributed by atoms with van der Waals surface area (Å²) >= 11 is 0. The zero-order valence-corrected chi connectivity index (χ0v) is 25.3. The van der Waals surface area contributed by atoms with Crippen LogP contribution in [-0.4, -0.2) is 59.9 Å². The molecular formula is C36H48FN3O. The van der Waals surface area contributed by atoms with Gasteiger partial charge in [0.1, 0.15) is 5.83 Å². The number of piperazine rings is 1. The molecule has 0 radical (unpaired) electrons. The van der Waals surface area contributed by atoms with Crippen LogP contribution in [0.3, 0.4) is 0 Å². The van der Waals surface area contributed by atoms with Crippen LogP contribution in [-0.2, 0) is 4.79 Å². The average Bonchev–Trinajstić information content (AvgIpc) is 3.83. The summed E-state index contributed by atoms with van der Waals surface area (Å²) in [5.41, 5.74) is 4.62. The molecule has 1 saturated heterocycles. The Morgan fingerprint density at radius 2 is 1.41 bits per heavy atom. The summed E-state index contributed by atoms with van der Waals surface area (Å²) in [6, 6.07) is 21.2. The third-order valence-electron chi connectivity index (χ3n) is 8.53. The molecule has 2 aromatic carbocycles. The monoisotopic (exact) mass is 557 g/mol. The van der Waals surface area contributed by atoms with Crippen molar-refractivity contribution in [3.8, 4) is 0 Å². The van der Waals surface area contributed by atoms with Gasteiger partial charge in [0.2, 0.25) is 5.91 Å². The van der Waals surface area contributed by atoms with E-state index in [9.17, 15) is 9.18 Å². The van der Waals surface area contributed by atoms with Crippen molar-refractivity contribution in [1.82, 2.24) is 14.7 Å². The molecule has 0 spiro atoms. The maximum absolute atomic E-state index is 14.0. The van der Waals surface area contributed by atoms with Crippen molar-refractivity contribution < 1.29 is 9.18 Å². The fourth-order valence-electron chi connectivity index (χ4n) is 6.00. The minimum absolute atomic E-state index is 0.103. The van der Waals surface area contributed by atoms with E-state index in [0.29, 0.717) is 24.9 Å². The number of nitrogens with zero attached hydrogens (tertiary/aromatic N) is 3. The number of amides is 1. The molecule has 2 atom stereocenters. The number of hydrogen-bond acceptors (Lipinski definition) is 3. The zero-order chi connectivity index (χ0) is 29.2. The maximum atomic E-state index is 14.0. The van der Waals surface area contributed by atoms with Crippen molar-refractivity contribution in [2.45, 2.75) is 58.8 Å². The third kappa shape index (κ3) is 8.12. The molecule has 41 heavy (non-hydrogen) atoms. The molecule has 220 valence electrons. The Bertz CT molecular complexity index is 1140. The highest BCUT2D eigenvalue weighted by molar-refractivity contribution is 5.82. The van der Waals surface area contributed by atoms with E-state index >= 15 is 0 Å². The Hall–Kier alpha value is -3.34. The summed E-state index contributed by atoms with van der Waals surface area (Å²) in [6.45, 7) is 15.8. The van der Waals surface area contributed by atoms with E-state index in [2.05, 4.69) is 97.8 Å². The number of hydrogen-bond donors (Lipinski definition) is 0. The molecule has 5 heteroatoms. The van der Waals surface area contributed by atoms with Gasteiger partial charge in [0.05, 0.1) is 5.70 Å². The van der Waals surface area contributed by atoms with Crippen LogP contribution in [0.2, 0.25) is 0 Å². The van der Waals surface area contributed by atoms with Crippen LogP contribution in [0.5, 0.6) is 0 Å². The standard InChI is InChI=1S/C22H34FN3O.C14H14/c1-4-10-24(11-5-2)17(3)18-16-19(18)22(27)26-14-12-25(13-15-26)21-9-7-6-8-20(21)23;1-12(13-8-4-2-5-9-13)14-10-6-3-7-11-14/h8-9,18-19H,3-7,10-16H2,1-2H3;2-12H,1H3. The van der Waals surface area contributed by atoms with E-state index in [1.54, 1.807) is 6.08 Å². The normalized spacial score (nSPS) is 20.0. The molecule has 3 aliphatic rings. The van der Waals surface area contributed by atoms with Gasteiger partial charge in [-0.2, -0.15) is 0 Å². The minimum atomic E-state index is -0.105. The van der Waals surface area contributed by atoms with E-state index in [0.717, 1.165) is 69.7 Å². The Balaban J connectivity index is 0.000000231. The van der Waals surface area contributed by atoms with Gasteiger partial charge in [0.15, 0.2) is 0 Å². The van der Waals surface area contributed by atoms with E-state index in [4.69, 9.17) is 0 Å². The molecule has 2 fully saturated rings. The number of carbonyl (C=O) groups excluding carboxylic acids is 1. The van der Waals surface area contributed by atoms with Crippen LogP contribution < -0.4 is 0 Å². The summed E-state index contributed by atoms with van der Waals surface area (Å²) in [7, 11) is 0. The van der Waals surface area contributed by atoms with Crippen molar-refractivity contribution in [3.05, 3.63) is 108 Å². The fourth-order valence-corrected chi connectivity index (χ4v) is 6.00. The first-order chi connectivity index (χ1) is 19.9. The van der Waals surface area contributed by atoms with Crippen LogP contribution in [0, 0.1) is 11.8 Å². The molecule has 0 aromatic heterocycles. The highest BCUT2D eigenvalue weighted by Gasteiger charge is 2.47. The zero-order valence-electron chi connectivity index (χ0n) is 25.3. The van der Waals surface area contributed by atoms with Gasteiger partial charge in [-0.15, -0.1) is 0 Å². The number of allylic oxidation sites excluding steroid dienone is 4. The highest BCUT2D eigenvalue weighted by Crippen LogP contribution is 2.46. The predicted octanol–water partition coefficient (Wildman–Crippen LogP) is 7.77. The quantitative estimate of drug-likeness (QED) is 0.299. The van der Waals surface area contributed by atoms with Gasteiger partial charge in [-0.1, -0.05) is 94.1 Å². The highest BCUT2D eigenvalue weighted by atomic mass is 19.1. The molecule has 1 amide bonds. The molecule has 0 bridgehead atoms. The topological polar surface area (TPSA) is 26.8 Å². The van der Waals surface area contributed by atoms with Crippen LogP contribution in [0.15, 0.2) is 96.6 Å². The smallest absolute Gasteiger partial charge is 0.226 e. The van der Waals surface area contributed by atoms with Crippen LogP contribution in [0.25, 0.3) is 0 Å². The first-order valence-electron chi connectivity index (χ1n) is 15.6. The van der Waals surface area contributed by atoms with Crippen molar-refractivity contribution in [3.63, 3.8) is 0 Å².